The van der Waals surface area contributed by atoms with Crippen molar-refractivity contribution in [3.05, 3.63) is 12.7 Å². The Morgan fingerprint density at radius 2 is 1.76 bits per heavy atom. The Bertz CT molecular complexity index is 1400. The molecule has 6 atom stereocenters. The highest BCUT2D eigenvalue weighted by atomic mass is 32.2. The summed E-state index contributed by atoms with van der Waals surface area (Å²) in [6.45, 7) is 15.8. The molecule has 0 bridgehead atoms. The molecule has 2 saturated carbocycles. The minimum Gasteiger partial charge on any atom is -0.379 e. The zero-order valence-corrected chi connectivity index (χ0v) is 31.1. The van der Waals surface area contributed by atoms with Crippen LogP contribution in [0.1, 0.15) is 99.3 Å². The van der Waals surface area contributed by atoms with E-state index in [0.717, 1.165) is 25.7 Å². The first-order valence-electron chi connectivity index (χ1n) is 18.1. The Balaban J connectivity index is 1.56. The molecule has 4 aliphatic rings. The highest BCUT2D eigenvalue weighted by Crippen LogP contribution is 2.65. The molecule has 0 aromatic rings. The average molecular weight is 707 g/mol. The summed E-state index contributed by atoms with van der Waals surface area (Å²) in [7, 11) is -3.51. The van der Waals surface area contributed by atoms with Gasteiger partial charge in [-0.05, 0) is 41.9 Å². The van der Waals surface area contributed by atoms with E-state index in [1.165, 1.54) is 6.08 Å². The van der Waals surface area contributed by atoms with Crippen LogP contribution in [0.4, 0.5) is 4.79 Å². The lowest BCUT2D eigenvalue weighted by Gasteiger charge is -2.45. The minimum absolute atomic E-state index is 0.0119. The van der Waals surface area contributed by atoms with Crippen LogP contribution in [0.2, 0.25) is 0 Å². The topological polar surface area (TPSA) is 168 Å². The van der Waals surface area contributed by atoms with Crippen LogP contribution >= 0.6 is 0 Å². The monoisotopic (exact) mass is 706 g/mol. The number of ether oxygens (including phenoxy) is 1. The zero-order valence-electron chi connectivity index (χ0n) is 30.3. The molecule has 2 aliphatic heterocycles. The maximum absolute atomic E-state index is 14.5. The molecule has 0 unspecified atom stereocenters. The summed E-state index contributed by atoms with van der Waals surface area (Å²) in [6, 6.07) is -2.44. The number of carbonyl (C=O) groups is 5. The lowest BCUT2D eigenvalue weighted by atomic mass is 9.79. The lowest BCUT2D eigenvalue weighted by molar-refractivity contribution is -0.145. The fraction of sp³-hybridized carbons (Fsp3) is 0.806. The van der Waals surface area contributed by atoms with E-state index in [1.807, 2.05) is 27.7 Å². The second-order valence-corrected chi connectivity index (χ2v) is 18.6. The van der Waals surface area contributed by atoms with Crippen LogP contribution in [0.25, 0.3) is 0 Å². The number of fused-ring (bicyclic) bond motifs is 1. The van der Waals surface area contributed by atoms with Crippen molar-refractivity contribution in [1.82, 2.24) is 20.9 Å². The van der Waals surface area contributed by atoms with Crippen LogP contribution in [0.5, 0.6) is 0 Å². The third-order valence-corrected chi connectivity index (χ3v) is 13.7. The molecule has 4 amide bonds. The van der Waals surface area contributed by atoms with Gasteiger partial charge in [0.05, 0.1) is 30.5 Å². The van der Waals surface area contributed by atoms with E-state index in [0.29, 0.717) is 32.2 Å². The van der Waals surface area contributed by atoms with Gasteiger partial charge in [0.25, 0.3) is 5.91 Å². The zero-order chi connectivity index (χ0) is 36.4. The number of hydrogen-bond acceptors (Lipinski definition) is 8. The van der Waals surface area contributed by atoms with Crippen molar-refractivity contribution in [1.29, 1.82) is 0 Å². The molecule has 4 fully saturated rings. The summed E-state index contributed by atoms with van der Waals surface area (Å²) in [5, 5.41) is 7.58. The SMILES string of the molecule is C=CCNC(=O)C(=O)[C@H](CCCC)CC(=O)[C@@H]1[C@@H]2[C@H](CN1C(=O)[C@@H](NC(=O)NC1([C@@H]3COCCS3(=O)=O)CCCCC1)C(C)(C)C)C2(C)C. The number of nitrogens with zero attached hydrogens (tertiary/aromatic N) is 1. The van der Waals surface area contributed by atoms with Crippen LogP contribution in [0.15, 0.2) is 12.7 Å². The van der Waals surface area contributed by atoms with Crippen molar-refractivity contribution in [3.8, 4) is 0 Å². The third-order valence-electron chi connectivity index (χ3n) is 11.5. The highest BCUT2D eigenvalue weighted by Gasteiger charge is 2.69. The van der Waals surface area contributed by atoms with E-state index in [1.54, 1.807) is 4.90 Å². The summed E-state index contributed by atoms with van der Waals surface area (Å²) in [4.78, 5) is 69.8. The van der Waals surface area contributed by atoms with Gasteiger partial charge in [-0.1, -0.05) is 79.7 Å². The quantitative estimate of drug-likeness (QED) is 0.183. The van der Waals surface area contributed by atoms with Gasteiger partial charge in [-0.3, -0.25) is 19.2 Å². The number of rotatable bonds is 14. The maximum Gasteiger partial charge on any atom is 0.315 e. The predicted octanol–water partition coefficient (Wildman–Crippen LogP) is 3.34. The molecule has 0 spiro atoms. The van der Waals surface area contributed by atoms with Gasteiger partial charge in [0, 0.05) is 25.4 Å². The molecule has 12 nitrogen and oxygen atoms in total. The third kappa shape index (κ3) is 8.40. The number of Topliss-reactive ketones (excluding diaryl/α,β-unsaturated/α-hetero) is 2. The standard InChI is InChI=1S/C36H58N4O8S/c1-8-10-14-23(29(42)31(43)37-17-9-2)20-25(41)28-27-24(35(27,6)7)21-40(28)32(44)30(34(3,4)5)38-33(45)39-36(15-12-11-13-16-36)26-22-48-18-19-49(26,46)47/h9,23-24,26-28,30H,2,8,10-22H2,1,3-7H3,(H,37,43)(H2,38,39,45)/t23-,24+,26+,27+,28-,30-/m1/s1. The predicted molar refractivity (Wildman–Crippen MR) is 186 cm³/mol. The fourth-order valence-corrected chi connectivity index (χ4v) is 10.4. The second kappa shape index (κ2) is 15.2. The summed E-state index contributed by atoms with van der Waals surface area (Å²) in [5.74, 6) is -2.94. The van der Waals surface area contributed by atoms with E-state index in [9.17, 15) is 32.4 Å². The number of sulfone groups is 1. The van der Waals surface area contributed by atoms with Crippen LogP contribution in [-0.4, -0.2) is 97.7 Å². The van der Waals surface area contributed by atoms with Gasteiger partial charge in [-0.15, -0.1) is 6.58 Å². The first-order valence-corrected chi connectivity index (χ1v) is 19.8. The van der Waals surface area contributed by atoms with Crippen molar-refractivity contribution < 1.29 is 37.1 Å². The van der Waals surface area contributed by atoms with Crippen LogP contribution in [0, 0.1) is 28.6 Å². The summed E-state index contributed by atoms with van der Waals surface area (Å²) in [6.07, 6.45) is 6.64. The molecule has 2 saturated heterocycles. The van der Waals surface area contributed by atoms with Gasteiger partial charge in [-0.2, -0.15) is 0 Å². The normalized spacial score (nSPS) is 27.9. The Labute approximate surface area is 292 Å². The maximum atomic E-state index is 14.5. The van der Waals surface area contributed by atoms with E-state index in [-0.39, 0.29) is 55.0 Å². The lowest BCUT2D eigenvalue weighted by Crippen LogP contribution is -2.67. The molecule has 0 aromatic heterocycles. The fourth-order valence-electron chi connectivity index (χ4n) is 8.49. The molecule has 3 N–H and O–H groups in total. The first-order chi connectivity index (χ1) is 22.9. The number of amides is 4. The molecule has 4 rings (SSSR count). The van der Waals surface area contributed by atoms with E-state index >= 15 is 0 Å². The van der Waals surface area contributed by atoms with Gasteiger partial charge in [0.1, 0.15) is 11.3 Å². The Kier molecular flexibility index (Phi) is 12.1. The van der Waals surface area contributed by atoms with Gasteiger partial charge in [-0.25, -0.2) is 13.2 Å². The number of carbonyl (C=O) groups excluding carboxylic acids is 5. The summed E-state index contributed by atoms with van der Waals surface area (Å²) < 4.78 is 32.0. The molecule has 2 aliphatic carbocycles. The largest absolute Gasteiger partial charge is 0.379 e. The molecular formula is C36H58N4O8S. The summed E-state index contributed by atoms with van der Waals surface area (Å²) >= 11 is 0. The van der Waals surface area contributed by atoms with Crippen molar-refractivity contribution in [2.75, 3.05) is 32.1 Å². The Morgan fingerprint density at radius 3 is 2.35 bits per heavy atom. The minimum atomic E-state index is -3.51. The van der Waals surface area contributed by atoms with Crippen LogP contribution in [0.3, 0.4) is 0 Å². The van der Waals surface area contributed by atoms with E-state index in [2.05, 4.69) is 36.4 Å². The number of piperidine rings is 1. The molecule has 276 valence electrons. The smallest absolute Gasteiger partial charge is 0.315 e. The van der Waals surface area contributed by atoms with Gasteiger partial charge < -0.3 is 25.6 Å². The first kappa shape index (κ1) is 39.0. The second-order valence-electron chi connectivity index (χ2n) is 16.3. The molecule has 0 radical (unpaired) electrons. The summed E-state index contributed by atoms with van der Waals surface area (Å²) in [5.41, 5.74) is -1.94. The number of unbranched alkanes of at least 4 members (excludes halogenated alkanes) is 1. The number of hydrogen-bond donors (Lipinski definition) is 3. The molecule has 13 heteroatoms. The molecule has 49 heavy (non-hydrogen) atoms. The van der Waals surface area contributed by atoms with Crippen molar-refractivity contribution in [2.45, 2.75) is 122 Å². The molecular weight excluding hydrogens is 648 g/mol. The van der Waals surface area contributed by atoms with Gasteiger partial charge >= 0.3 is 6.03 Å². The Hall–Kier alpha value is -2.80. The number of nitrogens with one attached hydrogen (secondary N) is 3. The van der Waals surface area contributed by atoms with Crippen LogP contribution in [-0.2, 0) is 33.8 Å². The number of likely N-dealkylation sites (tertiary alicyclic amines) is 1. The molecule has 2 heterocycles. The van der Waals surface area contributed by atoms with E-state index < -0.39 is 67.7 Å². The van der Waals surface area contributed by atoms with Crippen molar-refractivity contribution in [2.24, 2.45) is 28.6 Å². The van der Waals surface area contributed by atoms with Crippen molar-refractivity contribution in [3.63, 3.8) is 0 Å². The van der Waals surface area contributed by atoms with Gasteiger partial charge in [0.2, 0.25) is 11.7 Å². The van der Waals surface area contributed by atoms with E-state index in [4.69, 9.17) is 4.74 Å². The highest BCUT2D eigenvalue weighted by molar-refractivity contribution is 7.92. The molecule has 0 aromatic carbocycles. The van der Waals surface area contributed by atoms with Crippen LogP contribution < -0.4 is 16.0 Å². The number of urea groups is 1. The Morgan fingerprint density at radius 1 is 1.08 bits per heavy atom. The average Bonchev–Trinajstić information content (AvgIpc) is 3.33. The van der Waals surface area contributed by atoms with Crippen molar-refractivity contribution >= 4 is 39.2 Å². The van der Waals surface area contributed by atoms with Gasteiger partial charge in [0.15, 0.2) is 15.6 Å². The number of ketones is 2.